The van der Waals surface area contributed by atoms with Crippen molar-refractivity contribution >= 4 is 15.9 Å². The molecular formula is C13H17BrFN. The van der Waals surface area contributed by atoms with Crippen LogP contribution in [0.4, 0.5) is 4.39 Å². The van der Waals surface area contributed by atoms with Crippen LogP contribution in [0, 0.1) is 11.7 Å². The Morgan fingerprint density at radius 2 is 2.19 bits per heavy atom. The maximum atomic E-state index is 13.6. The molecule has 16 heavy (non-hydrogen) atoms. The summed E-state index contributed by atoms with van der Waals surface area (Å²) in [6, 6.07) is 5.64. The molecule has 1 aliphatic rings. The first-order valence-corrected chi connectivity index (χ1v) is 6.64. The van der Waals surface area contributed by atoms with Gasteiger partial charge in [-0.2, -0.15) is 0 Å². The molecule has 0 radical (unpaired) electrons. The second-order valence-corrected chi connectivity index (χ2v) is 5.65. The van der Waals surface area contributed by atoms with E-state index in [1.807, 2.05) is 12.1 Å². The molecule has 1 fully saturated rings. The molecule has 0 spiro atoms. The number of nitrogens with two attached hydrogens (primary N) is 1. The van der Waals surface area contributed by atoms with E-state index in [1.54, 1.807) is 0 Å². The maximum absolute atomic E-state index is 13.6. The molecule has 0 saturated heterocycles. The molecule has 2 atom stereocenters. The Bertz CT molecular complexity index is 367. The number of hydrogen-bond acceptors (Lipinski definition) is 1. The molecule has 1 aliphatic carbocycles. The number of benzene rings is 1. The first-order chi connectivity index (χ1) is 7.65. The summed E-state index contributed by atoms with van der Waals surface area (Å²) in [7, 11) is 0. The van der Waals surface area contributed by atoms with Crippen molar-refractivity contribution in [3.63, 3.8) is 0 Å². The van der Waals surface area contributed by atoms with Gasteiger partial charge in [0.1, 0.15) is 5.82 Å². The van der Waals surface area contributed by atoms with Crippen LogP contribution in [0.5, 0.6) is 0 Å². The van der Waals surface area contributed by atoms with Gasteiger partial charge in [-0.1, -0.05) is 34.8 Å². The lowest BCUT2D eigenvalue weighted by Gasteiger charge is -2.26. The lowest BCUT2D eigenvalue weighted by Crippen LogP contribution is -2.28. The second kappa shape index (κ2) is 5.28. The van der Waals surface area contributed by atoms with Crippen LogP contribution in [0.2, 0.25) is 0 Å². The minimum atomic E-state index is -0.103. The predicted octanol–water partition coefficient (Wildman–Crippen LogP) is 3.65. The van der Waals surface area contributed by atoms with E-state index in [1.165, 1.54) is 18.9 Å². The standard InChI is InChI=1S/C13H17BrFN/c14-11-5-4-10(13(15)8-11)6-9-2-1-3-12(16)7-9/h4-5,8-9,12H,1-3,6-7,16H2. The monoisotopic (exact) mass is 285 g/mol. The summed E-state index contributed by atoms with van der Waals surface area (Å²) in [6.45, 7) is 0. The van der Waals surface area contributed by atoms with Gasteiger partial charge in [0.15, 0.2) is 0 Å². The zero-order chi connectivity index (χ0) is 11.5. The van der Waals surface area contributed by atoms with Gasteiger partial charge in [0.2, 0.25) is 0 Å². The minimum absolute atomic E-state index is 0.103. The second-order valence-electron chi connectivity index (χ2n) is 4.73. The molecule has 1 nitrogen and oxygen atoms in total. The van der Waals surface area contributed by atoms with Gasteiger partial charge in [-0.25, -0.2) is 4.39 Å². The molecular weight excluding hydrogens is 269 g/mol. The Balaban J connectivity index is 2.02. The molecule has 1 saturated carbocycles. The Morgan fingerprint density at radius 1 is 1.38 bits per heavy atom. The lowest BCUT2D eigenvalue weighted by molar-refractivity contribution is 0.318. The molecule has 0 bridgehead atoms. The van der Waals surface area contributed by atoms with Crippen molar-refractivity contribution in [2.24, 2.45) is 11.7 Å². The van der Waals surface area contributed by atoms with Crippen LogP contribution >= 0.6 is 15.9 Å². The minimum Gasteiger partial charge on any atom is -0.328 e. The van der Waals surface area contributed by atoms with Gasteiger partial charge in [-0.05, 0) is 42.9 Å². The zero-order valence-electron chi connectivity index (χ0n) is 9.26. The molecule has 0 aliphatic heterocycles. The van der Waals surface area contributed by atoms with E-state index in [4.69, 9.17) is 5.73 Å². The fraction of sp³-hybridized carbons (Fsp3) is 0.538. The average Bonchev–Trinajstić information content (AvgIpc) is 2.22. The van der Waals surface area contributed by atoms with Gasteiger partial charge in [-0.3, -0.25) is 0 Å². The highest BCUT2D eigenvalue weighted by atomic mass is 79.9. The van der Waals surface area contributed by atoms with Gasteiger partial charge >= 0.3 is 0 Å². The van der Waals surface area contributed by atoms with Gasteiger partial charge in [-0.15, -0.1) is 0 Å². The smallest absolute Gasteiger partial charge is 0.127 e. The van der Waals surface area contributed by atoms with Crippen molar-refractivity contribution in [2.75, 3.05) is 0 Å². The van der Waals surface area contributed by atoms with Crippen LogP contribution in [0.1, 0.15) is 31.2 Å². The van der Waals surface area contributed by atoms with Crippen molar-refractivity contribution in [1.29, 1.82) is 0 Å². The maximum Gasteiger partial charge on any atom is 0.127 e. The molecule has 0 amide bonds. The van der Waals surface area contributed by atoms with Crippen molar-refractivity contribution < 1.29 is 4.39 Å². The van der Waals surface area contributed by atoms with Crippen LogP contribution in [0.25, 0.3) is 0 Å². The van der Waals surface area contributed by atoms with Gasteiger partial charge in [0, 0.05) is 10.5 Å². The summed E-state index contributed by atoms with van der Waals surface area (Å²) in [6.07, 6.45) is 5.36. The van der Waals surface area contributed by atoms with Crippen molar-refractivity contribution in [2.45, 2.75) is 38.1 Å². The van der Waals surface area contributed by atoms with E-state index >= 15 is 0 Å². The molecule has 2 N–H and O–H groups in total. The van der Waals surface area contributed by atoms with Crippen LogP contribution in [-0.2, 0) is 6.42 Å². The largest absolute Gasteiger partial charge is 0.328 e. The summed E-state index contributed by atoms with van der Waals surface area (Å²) < 4.78 is 14.4. The summed E-state index contributed by atoms with van der Waals surface area (Å²) in [5.41, 5.74) is 6.76. The molecule has 2 unspecified atom stereocenters. The average molecular weight is 286 g/mol. The summed E-state index contributed by atoms with van der Waals surface area (Å²) >= 11 is 3.27. The third kappa shape index (κ3) is 3.05. The van der Waals surface area contributed by atoms with Crippen LogP contribution in [0.3, 0.4) is 0 Å². The SMILES string of the molecule is NC1CCCC(Cc2ccc(Br)cc2F)C1. The van der Waals surface area contributed by atoms with E-state index in [0.29, 0.717) is 12.0 Å². The van der Waals surface area contributed by atoms with E-state index in [-0.39, 0.29) is 5.82 Å². The molecule has 1 aromatic carbocycles. The number of halogens is 2. The van der Waals surface area contributed by atoms with E-state index in [9.17, 15) is 4.39 Å². The van der Waals surface area contributed by atoms with Gasteiger partial charge in [0.05, 0.1) is 0 Å². The van der Waals surface area contributed by atoms with E-state index < -0.39 is 0 Å². The Kier molecular flexibility index (Phi) is 3.98. The summed E-state index contributed by atoms with van der Waals surface area (Å²) in [5.74, 6) is 0.452. The van der Waals surface area contributed by atoms with Crippen molar-refractivity contribution in [3.8, 4) is 0 Å². The zero-order valence-corrected chi connectivity index (χ0v) is 10.8. The lowest BCUT2D eigenvalue weighted by atomic mass is 9.82. The molecule has 3 heteroatoms. The van der Waals surface area contributed by atoms with Crippen LogP contribution < -0.4 is 5.73 Å². The highest BCUT2D eigenvalue weighted by molar-refractivity contribution is 9.10. The van der Waals surface area contributed by atoms with Gasteiger partial charge in [0.25, 0.3) is 0 Å². The quantitative estimate of drug-likeness (QED) is 0.882. The molecule has 2 rings (SSSR count). The predicted molar refractivity (Wildman–Crippen MR) is 67.7 cm³/mol. The Hall–Kier alpha value is -0.410. The number of hydrogen-bond donors (Lipinski definition) is 1. The Labute approximate surface area is 104 Å². The molecule has 1 aromatic rings. The molecule has 0 aromatic heterocycles. The fourth-order valence-corrected chi connectivity index (χ4v) is 2.85. The summed E-state index contributed by atoms with van der Waals surface area (Å²) in [5, 5.41) is 0. The normalized spacial score (nSPS) is 25.7. The van der Waals surface area contributed by atoms with Crippen molar-refractivity contribution in [3.05, 3.63) is 34.1 Å². The highest BCUT2D eigenvalue weighted by Crippen LogP contribution is 2.27. The van der Waals surface area contributed by atoms with Gasteiger partial charge < -0.3 is 5.73 Å². The molecule has 88 valence electrons. The third-order valence-electron chi connectivity index (χ3n) is 3.35. The molecule has 0 heterocycles. The topological polar surface area (TPSA) is 26.0 Å². The number of rotatable bonds is 2. The van der Waals surface area contributed by atoms with Crippen LogP contribution in [-0.4, -0.2) is 6.04 Å². The van der Waals surface area contributed by atoms with Crippen molar-refractivity contribution in [1.82, 2.24) is 0 Å². The Morgan fingerprint density at radius 3 is 2.88 bits per heavy atom. The first kappa shape index (κ1) is 12.1. The summed E-state index contributed by atoms with van der Waals surface area (Å²) in [4.78, 5) is 0. The highest BCUT2D eigenvalue weighted by Gasteiger charge is 2.20. The van der Waals surface area contributed by atoms with E-state index in [2.05, 4.69) is 15.9 Å². The van der Waals surface area contributed by atoms with Crippen LogP contribution in [0.15, 0.2) is 22.7 Å². The first-order valence-electron chi connectivity index (χ1n) is 5.84. The van der Waals surface area contributed by atoms with E-state index in [0.717, 1.165) is 29.3 Å². The third-order valence-corrected chi connectivity index (χ3v) is 3.84. The fourth-order valence-electron chi connectivity index (χ4n) is 2.52.